The summed E-state index contributed by atoms with van der Waals surface area (Å²) in [6.45, 7) is 7.12. The van der Waals surface area contributed by atoms with Gasteiger partial charge in [0.15, 0.2) is 0 Å². The van der Waals surface area contributed by atoms with E-state index in [-0.39, 0.29) is 70.7 Å². The molecule has 4 bridgehead atoms. The summed E-state index contributed by atoms with van der Waals surface area (Å²) in [7, 11) is 0. The standard InChI is InChI=1S/C6H12N4.3BrH.Ga/c1-7-2-9-4-8(1)5-10(3-7)6-9;;;;/h1-6H2;3*1H;/q;;;;+3/p-3. The summed E-state index contributed by atoms with van der Waals surface area (Å²) >= 11 is 0. The van der Waals surface area contributed by atoms with Crippen LogP contribution in [0.1, 0.15) is 0 Å². The molecule has 0 spiro atoms. The fourth-order valence-electron chi connectivity index (χ4n) is 2.23. The number of rotatable bonds is 0. The van der Waals surface area contributed by atoms with Gasteiger partial charge in [-0.25, -0.2) is 0 Å². The van der Waals surface area contributed by atoms with Crippen molar-refractivity contribution in [1.82, 2.24) is 19.6 Å². The maximum Gasteiger partial charge on any atom is 3.00 e. The Morgan fingerprint density at radius 1 is 0.429 bits per heavy atom. The Hall–Kier alpha value is 1.92. The molecule has 4 fully saturated rings. The molecular weight excluding hydrogens is 438 g/mol. The van der Waals surface area contributed by atoms with Crippen LogP contribution in [0.2, 0.25) is 0 Å². The first-order valence-electron chi connectivity index (χ1n) is 3.79. The van der Waals surface area contributed by atoms with Crippen molar-refractivity contribution in [2.75, 3.05) is 40.0 Å². The molecule has 0 amide bonds. The molecule has 0 N–H and O–H groups in total. The van der Waals surface area contributed by atoms with E-state index in [1.54, 1.807) is 0 Å². The molecule has 0 aromatic carbocycles. The van der Waals surface area contributed by atoms with Gasteiger partial charge in [0.05, 0.1) is 40.0 Å². The van der Waals surface area contributed by atoms with Crippen LogP contribution in [0.15, 0.2) is 0 Å². The van der Waals surface area contributed by atoms with Crippen molar-refractivity contribution < 1.29 is 50.9 Å². The van der Waals surface area contributed by atoms with Crippen molar-refractivity contribution in [2.24, 2.45) is 0 Å². The van der Waals surface area contributed by atoms with Gasteiger partial charge in [0.2, 0.25) is 0 Å². The SMILES string of the molecule is C1N2CN3CN1CN(C2)C3.[Br-].[Br-].[Br-].[Ga+3]. The van der Waals surface area contributed by atoms with E-state index in [2.05, 4.69) is 19.6 Å². The average Bonchev–Trinajstić information content (AvgIpc) is 1.82. The second-order valence-electron chi connectivity index (χ2n) is 3.53. The third-order valence-electron chi connectivity index (χ3n) is 2.40. The normalized spacial score (nSPS) is 41.1. The van der Waals surface area contributed by atoms with Crippen LogP contribution in [0.5, 0.6) is 0 Å². The van der Waals surface area contributed by atoms with Crippen LogP contribution in [0, 0.1) is 0 Å². The van der Waals surface area contributed by atoms with Gasteiger partial charge in [0.1, 0.15) is 0 Å². The molecule has 0 unspecified atom stereocenters. The van der Waals surface area contributed by atoms with Crippen molar-refractivity contribution >= 4 is 19.8 Å². The van der Waals surface area contributed by atoms with E-state index in [4.69, 9.17) is 0 Å². The van der Waals surface area contributed by atoms with Gasteiger partial charge < -0.3 is 50.9 Å². The van der Waals surface area contributed by atoms with Crippen molar-refractivity contribution in [1.29, 1.82) is 0 Å². The Morgan fingerprint density at radius 3 is 0.714 bits per heavy atom. The molecule has 0 atom stereocenters. The molecule has 4 aliphatic heterocycles. The fraction of sp³-hybridized carbons (Fsp3) is 1.00. The second kappa shape index (κ2) is 7.28. The van der Waals surface area contributed by atoms with Gasteiger partial charge in [-0.05, 0) is 0 Å². The topological polar surface area (TPSA) is 13.0 Å². The number of hydrogen-bond acceptors (Lipinski definition) is 4. The molecular formula is C6H12Br3GaN4. The average molecular weight is 450 g/mol. The zero-order valence-electron chi connectivity index (χ0n) is 7.74. The number of halogens is 3. The Morgan fingerprint density at radius 2 is 0.571 bits per heavy atom. The first-order valence-corrected chi connectivity index (χ1v) is 3.79. The number of hydrogen-bond donors (Lipinski definition) is 0. The molecule has 4 saturated heterocycles. The zero-order valence-corrected chi connectivity index (χ0v) is 14.9. The van der Waals surface area contributed by atoms with E-state index in [0.29, 0.717) is 0 Å². The molecule has 14 heavy (non-hydrogen) atoms. The molecule has 4 nitrogen and oxygen atoms in total. The van der Waals surface area contributed by atoms with Crippen LogP contribution >= 0.6 is 0 Å². The first kappa shape index (κ1) is 18.3. The molecule has 4 heterocycles. The monoisotopic (exact) mass is 446 g/mol. The maximum atomic E-state index is 2.47. The third kappa shape index (κ3) is 3.46. The minimum Gasteiger partial charge on any atom is -1.00 e. The van der Waals surface area contributed by atoms with Gasteiger partial charge in [0.25, 0.3) is 0 Å². The van der Waals surface area contributed by atoms with E-state index in [1.165, 1.54) is 40.0 Å². The van der Waals surface area contributed by atoms with Gasteiger partial charge >= 0.3 is 19.8 Å². The van der Waals surface area contributed by atoms with Crippen LogP contribution in [0.4, 0.5) is 0 Å². The molecule has 0 aromatic rings. The summed E-state index contributed by atoms with van der Waals surface area (Å²) in [5.74, 6) is 0. The summed E-state index contributed by atoms with van der Waals surface area (Å²) in [4.78, 5) is 9.88. The predicted octanol–water partition coefficient (Wildman–Crippen LogP) is -10.4. The van der Waals surface area contributed by atoms with Gasteiger partial charge in [-0.1, -0.05) is 0 Å². The maximum absolute atomic E-state index is 2.47. The fourth-order valence-corrected chi connectivity index (χ4v) is 2.23. The molecule has 4 rings (SSSR count). The summed E-state index contributed by atoms with van der Waals surface area (Å²) in [6.07, 6.45) is 0. The van der Waals surface area contributed by atoms with E-state index < -0.39 is 0 Å². The molecule has 0 aromatic heterocycles. The zero-order chi connectivity index (χ0) is 6.55. The van der Waals surface area contributed by atoms with Gasteiger partial charge in [0, 0.05) is 0 Å². The summed E-state index contributed by atoms with van der Waals surface area (Å²) in [5, 5.41) is 0. The molecule has 80 valence electrons. The molecule has 0 radical (unpaired) electrons. The molecule has 8 heteroatoms. The first-order chi connectivity index (χ1) is 4.90. The quantitative estimate of drug-likeness (QED) is 0.341. The minimum absolute atomic E-state index is 0. The van der Waals surface area contributed by atoms with E-state index >= 15 is 0 Å². The Labute approximate surface area is 129 Å². The van der Waals surface area contributed by atoms with Crippen LogP contribution in [-0.4, -0.2) is 79.4 Å². The largest absolute Gasteiger partial charge is 3.00 e. The van der Waals surface area contributed by atoms with Gasteiger partial charge in [-0.2, -0.15) is 0 Å². The summed E-state index contributed by atoms with van der Waals surface area (Å²) < 4.78 is 0. The van der Waals surface area contributed by atoms with Crippen LogP contribution in [0.25, 0.3) is 0 Å². The minimum atomic E-state index is 0. The van der Waals surface area contributed by atoms with Gasteiger partial charge in [-0.3, -0.25) is 19.6 Å². The van der Waals surface area contributed by atoms with Crippen LogP contribution in [0.3, 0.4) is 0 Å². The second-order valence-corrected chi connectivity index (χ2v) is 3.53. The third-order valence-corrected chi connectivity index (χ3v) is 2.40. The van der Waals surface area contributed by atoms with Crippen LogP contribution in [-0.2, 0) is 0 Å². The molecule has 0 aliphatic carbocycles. The predicted molar refractivity (Wildman–Crippen MR) is 42.3 cm³/mol. The Bertz CT molecular complexity index is 117. The Balaban J connectivity index is 0. The van der Waals surface area contributed by atoms with E-state index in [1.807, 2.05) is 0 Å². The van der Waals surface area contributed by atoms with Gasteiger partial charge in [-0.15, -0.1) is 0 Å². The number of nitrogens with zero attached hydrogens (tertiary/aromatic N) is 4. The smallest absolute Gasteiger partial charge is 1.00 e. The van der Waals surface area contributed by atoms with E-state index in [0.717, 1.165) is 0 Å². The summed E-state index contributed by atoms with van der Waals surface area (Å²) in [5.41, 5.74) is 0. The van der Waals surface area contributed by atoms with Crippen LogP contribution < -0.4 is 50.9 Å². The van der Waals surface area contributed by atoms with Crippen molar-refractivity contribution in [3.63, 3.8) is 0 Å². The summed E-state index contributed by atoms with van der Waals surface area (Å²) in [6, 6.07) is 0. The van der Waals surface area contributed by atoms with Crippen molar-refractivity contribution in [3.05, 3.63) is 0 Å². The van der Waals surface area contributed by atoms with E-state index in [9.17, 15) is 0 Å². The molecule has 4 aliphatic rings. The van der Waals surface area contributed by atoms with Crippen molar-refractivity contribution in [3.8, 4) is 0 Å². The Kier molecular flexibility index (Phi) is 9.51. The van der Waals surface area contributed by atoms with Crippen molar-refractivity contribution in [2.45, 2.75) is 0 Å². The molecule has 0 saturated carbocycles.